The molecule has 0 aromatic heterocycles. The first-order chi connectivity index (χ1) is 15.5. The number of hydrogen-bond acceptors (Lipinski definition) is 4. The Morgan fingerprint density at radius 1 is 1.09 bits per heavy atom. The molecule has 0 bridgehead atoms. The Morgan fingerprint density at radius 2 is 1.75 bits per heavy atom. The average Bonchev–Trinajstić information content (AvgIpc) is 2.81. The van der Waals surface area contributed by atoms with Gasteiger partial charge in [-0.2, -0.15) is 0 Å². The number of esters is 1. The van der Waals surface area contributed by atoms with Gasteiger partial charge in [0.05, 0.1) is 4.47 Å². The minimum absolute atomic E-state index is 0.0415. The number of benzene rings is 3. The lowest BCUT2D eigenvalue weighted by Crippen LogP contribution is -2.16. The van der Waals surface area contributed by atoms with Crippen molar-refractivity contribution in [1.82, 2.24) is 0 Å². The van der Waals surface area contributed by atoms with E-state index in [0.29, 0.717) is 16.8 Å². The van der Waals surface area contributed by atoms with Crippen LogP contribution in [0.2, 0.25) is 0 Å². The number of hydrogen-bond donors (Lipinski definition) is 0. The lowest BCUT2D eigenvalue weighted by molar-refractivity contribution is 0.0728. The number of carbonyl (C=O) groups is 1. The summed E-state index contributed by atoms with van der Waals surface area (Å²) >= 11 is 3.45. The Bertz CT molecular complexity index is 1090. The summed E-state index contributed by atoms with van der Waals surface area (Å²) < 4.78 is 27.2. The maximum Gasteiger partial charge on any atom is 0.347 e. The summed E-state index contributed by atoms with van der Waals surface area (Å²) in [6.45, 7) is 4.42. The van der Waals surface area contributed by atoms with E-state index in [4.69, 9.17) is 9.47 Å². The van der Waals surface area contributed by atoms with Gasteiger partial charge in [-0.1, -0.05) is 61.9 Å². The van der Waals surface area contributed by atoms with Crippen LogP contribution < -0.4 is 9.47 Å². The fourth-order valence-corrected chi connectivity index (χ4v) is 3.68. The molecule has 0 fully saturated rings. The number of rotatable bonds is 9. The highest BCUT2D eigenvalue weighted by Gasteiger charge is 2.27. The highest BCUT2D eigenvalue weighted by molar-refractivity contribution is 9.10. The van der Waals surface area contributed by atoms with Crippen LogP contribution in [0.25, 0.3) is 0 Å². The molecule has 166 valence electrons. The first kappa shape index (κ1) is 23.7. The summed E-state index contributed by atoms with van der Waals surface area (Å²) in [5, 5.41) is 0. The second-order valence-electron chi connectivity index (χ2n) is 7.24. The highest BCUT2D eigenvalue weighted by Crippen LogP contribution is 2.38. The molecule has 0 aliphatic heterocycles. The van der Waals surface area contributed by atoms with Gasteiger partial charge in [0, 0.05) is 23.9 Å². The summed E-state index contributed by atoms with van der Waals surface area (Å²) in [6.07, 6.45) is 3.40. The first-order valence-corrected chi connectivity index (χ1v) is 11.3. The fraction of sp³-hybridized carbons (Fsp3) is 0.231. The van der Waals surface area contributed by atoms with Crippen LogP contribution in [0.15, 0.2) is 70.1 Å². The molecule has 0 N–H and O–H groups in total. The Balaban J connectivity index is 2.02. The third-order valence-corrected chi connectivity index (χ3v) is 5.64. The lowest BCUT2D eigenvalue weighted by Gasteiger charge is -2.18. The zero-order valence-corrected chi connectivity index (χ0v) is 19.7. The van der Waals surface area contributed by atoms with E-state index in [9.17, 15) is 4.79 Å². The molecule has 0 atom stereocenters. The summed E-state index contributed by atoms with van der Waals surface area (Å²) in [5.41, 5.74) is 1.36. The van der Waals surface area contributed by atoms with Crippen molar-refractivity contribution in [2.24, 2.45) is 4.99 Å². The molecule has 0 saturated carbocycles. The van der Waals surface area contributed by atoms with Gasteiger partial charge >= 0.3 is 5.97 Å². The van der Waals surface area contributed by atoms with E-state index < -0.39 is 11.8 Å². The molecule has 4 nitrogen and oxygen atoms in total. The van der Waals surface area contributed by atoms with Crippen molar-refractivity contribution in [3.8, 4) is 11.5 Å². The van der Waals surface area contributed by atoms with Gasteiger partial charge < -0.3 is 9.47 Å². The smallest absolute Gasteiger partial charge is 0.347 e. The van der Waals surface area contributed by atoms with Gasteiger partial charge in [-0.05, 0) is 47.0 Å². The topological polar surface area (TPSA) is 47.9 Å². The highest BCUT2D eigenvalue weighted by atomic mass is 79.9. The molecule has 0 aliphatic carbocycles. The van der Waals surface area contributed by atoms with Gasteiger partial charge in [0.15, 0.2) is 0 Å². The number of nitrogens with zero attached hydrogens (tertiary/aromatic N) is 1. The van der Waals surface area contributed by atoms with E-state index in [1.807, 2.05) is 36.4 Å². The first-order valence-electron chi connectivity index (χ1n) is 10.5. The van der Waals surface area contributed by atoms with Crippen LogP contribution >= 0.6 is 15.9 Å². The van der Waals surface area contributed by atoms with E-state index in [0.717, 1.165) is 18.4 Å². The molecule has 0 radical (unpaired) electrons. The van der Waals surface area contributed by atoms with E-state index in [-0.39, 0.29) is 29.0 Å². The van der Waals surface area contributed by atoms with Crippen LogP contribution in [0.4, 0.5) is 4.39 Å². The third-order valence-electron chi connectivity index (χ3n) is 4.85. The Morgan fingerprint density at radius 3 is 2.41 bits per heavy atom. The van der Waals surface area contributed by atoms with Crippen molar-refractivity contribution >= 4 is 28.1 Å². The number of carbonyl (C=O) groups excluding carboxylic acids is 1. The second kappa shape index (κ2) is 11.6. The fourth-order valence-electron chi connectivity index (χ4n) is 3.09. The van der Waals surface area contributed by atoms with Gasteiger partial charge in [0.25, 0.3) is 0 Å². The van der Waals surface area contributed by atoms with E-state index in [1.54, 1.807) is 31.2 Å². The molecule has 0 spiro atoms. The van der Waals surface area contributed by atoms with Crippen LogP contribution in [0.5, 0.6) is 11.5 Å². The zero-order valence-electron chi connectivity index (χ0n) is 18.1. The SMILES string of the molecule is CCCC/N=C\c1c(F)c(C)c(C(=O)Oc2ccccc2)c(OCc2ccccc2)c1Br. The van der Waals surface area contributed by atoms with Crippen molar-refractivity contribution in [2.45, 2.75) is 33.3 Å². The quantitative estimate of drug-likeness (QED) is 0.139. The molecule has 32 heavy (non-hydrogen) atoms. The average molecular weight is 498 g/mol. The third kappa shape index (κ3) is 5.82. The summed E-state index contributed by atoms with van der Waals surface area (Å²) in [4.78, 5) is 17.4. The van der Waals surface area contributed by atoms with Crippen LogP contribution in [0, 0.1) is 12.7 Å². The van der Waals surface area contributed by atoms with Gasteiger partial charge in [0.1, 0.15) is 29.5 Å². The van der Waals surface area contributed by atoms with E-state index >= 15 is 4.39 Å². The monoisotopic (exact) mass is 497 g/mol. The minimum atomic E-state index is -0.689. The Hall–Kier alpha value is -2.99. The Kier molecular flexibility index (Phi) is 8.56. The molecular weight excluding hydrogens is 473 g/mol. The molecule has 6 heteroatoms. The zero-order chi connectivity index (χ0) is 22.9. The molecule has 3 aromatic rings. The predicted octanol–water partition coefficient (Wildman–Crippen LogP) is 6.91. The van der Waals surface area contributed by atoms with E-state index in [2.05, 4.69) is 27.8 Å². The molecule has 0 aliphatic rings. The largest absolute Gasteiger partial charge is 0.487 e. The number of para-hydroxylation sites is 1. The van der Waals surface area contributed by atoms with Crippen molar-refractivity contribution in [3.63, 3.8) is 0 Å². The van der Waals surface area contributed by atoms with Crippen molar-refractivity contribution in [3.05, 3.63) is 93.2 Å². The van der Waals surface area contributed by atoms with Crippen molar-refractivity contribution in [2.75, 3.05) is 6.54 Å². The van der Waals surface area contributed by atoms with Crippen LogP contribution in [0.3, 0.4) is 0 Å². The number of halogens is 2. The van der Waals surface area contributed by atoms with Crippen LogP contribution in [-0.4, -0.2) is 18.7 Å². The van der Waals surface area contributed by atoms with Crippen molar-refractivity contribution in [1.29, 1.82) is 0 Å². The maximum atomic E-state index is 15.3. The van der Waals surface area contributed by atoms with E-state index in [1.165, 1.54) is 6.21 Å². The summed E-state index contributed by atoms with van der Waals surface area (Å²) in [5.74, 6) is -0.631. The minimum Gasteiger partial charge on any atom is -0.487 e. The summed E-state index contributed by atoms with van der Waals surface area (Å²) in [6, 6.07) is 18.2. The molecular formula is C26H25BrFNO3. The number of ether oxygens (including phenoxy) is 2. The van der Waals surface area contributed by atoms with Gasteiger partial charge in [0.2, 0.25) is 0 Å². The number of unbranched alkanes of at least 4 members (excludes halogenated alkanes) is 1. The molecule has 3 aromatic carbocycles. The maximum absolute atomic E-state index is 15.3. The lowest BCUT2D eigenvalue weighted by atomic mass is 10.0. The molecule has 0 heterocycles. The standard InChI is InChI=1S/C26H25BrFNO3/c1-3-4-15-29-16-21-23(27)25(31-17-19-11-7-5-8-12-19)22(18(2)24(21)28)26(30)32-20-13-9-6-10-14-20/h5-14,16H,3-4,15,17H2,1-2H3/b29-16-. The van der Waals surface area contributed by atoms with Gasteiger partial charge in [-0.25, -0.2) is 9.18 Å². The van der Waals surface area contributed by atoms with Crippen LogP contribution in [-0.2, 0) is 6.61 Å². The summed E-state index contributed by atoms with van der Waals surface area (Å²) in [7, 11) is 0. The molecule has 0 unspecified atom stereocenters. The van der Waals surface area contributed by atoms with Crippen molar-refractivity contribution < 1.29 is 18.7 Å². The molecule has 0 saturated heterocycles. The number of aliphatic imine (C=N–C) groups is 1. The van der Waals surface area contributed by atoms with Gasteiger partial charge in [-0.3, -0.25) is 4.99 Å². The van der Waals surface area contributed by atoms with Crippen LogP contribution in [0.1, 0.15) is 46.8 Å². The Labute approximate surface area is 196 Å². The molecule has 3 rings (SSSR count). The predicted molar refractivity (Wildman–Crippen MR) is 128 cm³/mol. The van der Waals surface area contributed by atoms with Gasteiger partial charge in [-0.15, -0.1) is 0 Å². The normalized spacial score (nSPS) is 11.0. The second-order valence-corrected chi connectivity index (χ2v) is 8.03. The molecule has 0 amide bonds.